The third kappa shape index (κ3) is 2.60. The number of nitrogens with one attached hydrogen (secondary N) is 1. The highest BCUT2D eigenvalue weighted by molar-refractivity contribution is 5.40. The summed E-state index contributed by atoms with van der Waals surface area (Å²) in [6.07, 6.45) is 4.11. The number of rotatable bonds is 7. The van der Waals surface area contributed by atoms with Gasteiger partial charge in [-0.2, -0.15) is 0 Å². The summed E-state index contributed by atoms with van der Waals surface area (Å²) in [7, 11) is 0. The Kier molecular flexibility index (Phi) is 3.67. The van der Waals surface area contributed by atoms with Crippen LogP contribution >= 0.6 is 0 Å². The lowest BCUT2D eigenvalue weighted by Crippen LogP contribution is -2.36. The largest absolute Gasteiger partial charge is 0.315 e. The van der Waals surface area contributed by atoms with E-state index < -0.39 is 0 Å². The molecule has 1 fully saturated rings. The number of likely N-dealkylation sites (N-methyl/N-ethyl adjacent to an activating group) is 1. The molecule has 2 aliphatic carbocycles. The Balaban J connectivity index is 1.36. The third-order valence-electron chi connectivity index (χ3n) is 4.40. The van der Waals surface area contributed by atoms with Crippen LogP contribution in [0.25, 0.3) is 0 Å². The fourth-order valence-corrected chi connectivity index (χ4v) is 3.08. The standard InChI is InChI=1S/C16H24N2/c1-2-18(15-7-8-15)10-9-17-12-14-11-13-5-3-4-6-16(13)14/h3-6,14-15,17H,2,7-12H2,1H3. The lowest BCUT2D eigenvalue weighted by atomic mass is 9.78. The molecule has 2 nitrogen and oxygen atoms in total. The van der Waals surface area contributed by atoms with E-state index in [4.69, 9.17) is 0 Å². The minimum Gasteiger partial charge on any atom is -0.315 e. The summed E-state index contributed by atoms with van der Waals surface area (Å²) in [5, 5.41) is 3.63. The summed E-state index contributed by atoms with van der Waals surface area (Å²) in [4.78, 5) is 2.61. The average Bonchev–Trinajstić information content (AvgIpc) is 3.18. The first-order valence-electron chi connectivity index (χ1n) is 7.41. The normalized spacial score (nSPS) is 21.8. The number of hydrogen-bond acceptors (Lipinski definition) is 2. The monoisotopic (exact) mass is 244 g/mol. The van der Waals surface area contributed by atoms with Crippen LogP contribution in [-0.2, 0) is 6.42 Å². The molecular formula is C16H24N2. The van der Waals surface area contributed by atoms with Gasteiger partial charge in [-0.3, -0.25) is 4.90 Å². The van der Waals surface area contributed by atoms with Crippen LogP contribution in [0.2, 0.25) is 0 Å². The van der Waals surface area contributed by atoms with Crippen LogP contribution in [0, 0.1) is 0 Å². The summed E-state index contributed by atoms with van der Waals surface area (Å²) in [5.74, 6) is 0.761. The molecule has 1 atom stereocenters. The molecule has 1 aromatic rings. The van der Waals surface area contributed by atoms with E-state index in [1.54, 1.807) is 11.1 Å². The van der Waals surface area contributed by atoms with Gasteiger partial charge in [0.1, 0.15) is 0 Å². The summed E-state index contributed by atoms with van der Waals surface area (Å²) >= 11 is 0. The van der Waals surface area contributed by atoms with Gasteiger partial charge in [-0.1, -0.05) is 31.2 Å². The fourth-order valence-electron chi connectivity index (χ4n) is 3.08. The second-order valence-electron chi connectivity index (χ2n) is 5.66. The lowest BCUT2D eigenvalue weighted by Gasteiger charge is -2.30. The van der Waals surface area contributed by atoms with Crippen molar-refractivity contribution in [1.82, 2.24) is 10.2 Å². The van der Waals surface area contributed by atoms with Crippen molar-refractivity contribution in [3.63, 3.8) is 0 Å². The van der Waals surface area contributed by atoms with Crippen molar-refractivity contribution >= 4 is 0 Å². The van der Waals surface area contributed by atoms with Crippen molar-refractivity contribution in [1.29, 1.82) is 0 Å². The zero-order valence-corrected chi connectivity index (χ0v) is 11.4. The maximum atomic E-state index is 3.63. The smallest absolute Gasteiger partial charge is 0.0110 e. The van der Waals surface area contributed by atoms with E-state index >= 15 is 0 Å². The molecule has 3 rings (SSSR count). The van der Waals surface area contributed by atoms with Gasteiger partial charge in [0.05, 0.1) is 0 Å². The second kappa shape index (κ2) is 5.41. The Bertz CT molecular complexity index is 398. The minimum absolute atomic E-state index is 0.761. The first-order chi connectivity index (χ1) is 8.88. The predicted molar refractivity (Wildman–Crippen MR) is 76.0 cm³/mol. The quantitative estimate of drug-likeness (QED) is 0.741. The van der Waals surface area contributed by atoms with Crippen LogP contribution in [0.1, 0.15) is 36.8 Å². The Morgan fingerprint density at radius 3 is 2.83 bits per heavy atom. The zero-order valence-electron chi connectivity index (χ0n) is 11.4. The van der Waals surface area contributed by atoms with Gasteiger partial charge in [-0.05, 0) is 36.9 Å². The van der Waals surface area contributed by atoms with Crippen molar-refractivity contribution in [2.75, 3.05) is 26.2 Å². The SMILES string of the molecule is CCN(CCNCC1Cc2ccccc21)C1CC1. The summed E-state index contributed by atoms with van der Waals surface area (Å²) in [6, 6.07) is 9.76. The van der Waals surface area contributed by atoms with E-state index in [1.165, 1.54) is 32.4 Å². The van der Waals surface area contributed by atoms with Gasteiger partial charge >= 0.3 is 0 Å². The van der Waals surface area contributed by atoms with Crippen LogP contribution in [-0.4, -0.2) is 37.1 Å². The maximum absolute atomic E-state index is 3.63. The van der Waals surface area contributed by atoms with Crippen molar-refractivity contribution in [2.24, 2.45) is 0 Å². The Hall–Kier alpha value is -0.860. The van der Waals surface area contributed by atoms with Crippen molar-refractivity contribution in [2.45, 2.75) is 38.1 Å². The van der Waals surface area contributed by atoms with Crippen molar-refractivity contribution in [3.8, 4) is 0 Å². The number of fused-ring (bicyclic) bond motifs is 1. The minimum atomic E-state index is 0.761. The zero-order chi connectivity index (χ0) is 12.4. The number of benzene rings is 1. The summed E-state index contributed by atoms with van der Waals surface area (Å²) in [6.45, 7) is 7.00. The Morgan fingerprint density at radius 1 is 1.28 bits per heavy atom. The van der Waals surface area contributed by atoms with Crippen LogP contribution in [0.5, 0.6) is 0 Å². The maximum Gasteiger partial charge on any atom is 0.0110 e. The molecule has 18 heavy (non-hydrogen) atoms. The predicted octanol–water partition coefficient (Wildman–Crippen LogP) is 2.40. The van der Waals surface area contributed by atoms with Gasteiger partial charge in [-0.25, -0.2) is 0 Å². The molecule has 1 aromatic carbocycles. The molecule has 0 amide bonds. The van der Waals surface area contributed by atoms with Gasteiger partial charge in [0.2, 0.25) is 0 Å². The molecule has 1 saturated carbocycles. The second-order valence-corrected chi connectivity index (χ2v) is 5.66. The Labute approximate surface area is 110 Å². The highest BCUT2D eigenvalue weighted by atomic mass is 15.2. The van der Waals surface area contributed by atoms with Gasteiger partial charge in [0.25, 0.3) is 0 Å². The van der Waals surface area contributed by atoms with E-state index in [2.05, 4.69) is 41.4 Å². The van der Waals surface area contributed by atoms with E-state index in [0.717, 1.165) is 25.0 Å². The third-order valence-corrected chi connectivity index (χ3v) is 4.40. The van der Waals surface area contributed by atoms with Crippen LogP contribution < -0.4 is 5.32 Å². The molecule has 0 radical (unpaired) electrons. The van der Waals surface area contributed by atoms with Crippen LogP contribution in [0.4, 0.5) is 0 Å². The van der Waals surface area contributed by atoms with Crippen molar-refractivity contribution < 1.29 is 0 Å². The van der Waals surface area contributed by atoms with E-state index in [1.807, 2.05) is 0 Å². The molecule has 0 bridgehead atoms. The molecule has 2 heteroatoms. The number of hydrogen-bond donors (Lipinski definition) is 1. The first-order valence-corrected chi connectivity index (χ1v) is 7.41. The molecule has 1 N–H and O–H groups in total. The molecule has 1 unspecified atom stereocenters. The van der Waals surface area contributed by atoms with Gasteiger partial charge in [0.15, 0.2) is 0 Å². The molecule has 0 heterocycles. The molecular weight excluding hydrogens is 220 g/mol. The van der Waals surface area contributed by atoms with E-state index in [0.29, 0.717) is 0 Å². The van der Waals surface area contributed by atoms with Crippen molar-refractivity contribution in [3.05, 3.63) is 35.4 Å². The Morgan fingerprint density at radius 2 is 2.11 bits per heavy atom. The molecule has 0 spiro atoms. The highest BCUT2D eigenvalue weighted by Crippen LogP contribution is 2.33. The molecule has 2 aliphatic rings. The molecule has 98 valence electrons. The topological polar surface area (TPSA) is 15.3 Å². The number of nitrogens with zero attached hydrogens (tertiary/aromatic N) is 1. The highest BCUT2D eigenvalue weighted by Gasteiger charge is 2.27. The fraction of sp³-hybridized carbons (Fsp3) is 0.625. The average molecular weight is 244 g/mol. The summed E-state index contributed by atoms with van der Waals surface area (Å²) < 4.78 is 0. The summed E-state index contributed by atoms with van der Waals surface area (Å²) in [5.41, 5.74) is 3.12. The van der Waals surface area contributed by atoms with Gasteiger partial charge in [0, 0.05) is 31.6 Å². The first kappa shape index (κ1) is 12.2. The van der Waals surface area contributed by atoms with E-state index in [9.17, 15) is 0 Å². The van der Waals surface area contributed by atoms with Crippen LogP contribution in [0.15, 0.2) is 24.3 Å². The van der Waals surface area contributed by atoms with Crippen LogP contribution in [0.3, 0.4) is 0 Å². The van der Waals surface area contributed by atoms with E-state index in [-0.39, 0.29) is 0 Å². The molecule has 0 aliphatic heterocycles. The van der Waals surface area contributed by atoms with Gasteiger partial charge < -0.3 is 5.32 Å². The van der Waals surface area contributed by atoms with Gasteiger partial charge in [-0.15, -0.1) is 0 Å². The molecule has 0 aromatic heterocycles. The lowest BCUT2D eigenvalue weighted by molar-refractivity contribution is 0.276. The molecule has 0 saturated heterocycles.